The molecule has 1 heterocycles. The number of thioether (sulfide) groups is 1. The minimum absolute atomic E-state index is 0.188. The molecule has 1 fully saturated rings. The molecular formula is C13H12N4O2S. The topological polar surface area (TPSA) is 94.3 Å². The maximum atomic E-state index is 11.6. The summed E-state index contributed by atoms with van der Waals surface area (Å²) >= 11 is 1.33. The average molecular weight is 288 g/mol. The lowest BCUT2D eigenvalue weighted by atomic mass is 9.97. The Morgan fingerprint density at radius 2 is 2.15 bits per heavy atom. The fourth-order valence-corrected chi connectivity index (χ4v) is 2.24. The van der Waals surface area contributed by atoms with Gasteiger partial charge >= 0.3 is 0 Å². The standard InChI is InChI=1S/C13H12N4O2S/c1-20-13(15-7-14)16-9-4-2-8(3-5-9)10-6-11(18)17-12(10)19/h2-5,10H,6H2,1H3,(H,15,16)(H,17,18,19). The summed E-state index contributed by atoms with van der Waals surface area (Å²) in [6.07, 6.45) is 3.81. The van der Waals surface area contributed by atoms with Crippen molar-refractivity contribution in [3.8, 4) is 6.19 Å². The van der Waals surface area contributed by atoms with Gasteiger partial charge in [0.05, 0.1) is 11.6 Å². The van der Waals surface area contributed by atoms with Gasteiger partial charge in [-0.25, -0.2) is 4.99 Å². The van der Waals surface area contributed by atoms with Crippen LogP contribution in [-0.2, 0) is 9.59 Å². The molecule has 1 aromatic rings. The first-order valence-corrected chi connectivity index (χ1v) is 7.08. The predicted octanol–water partition coefficient (Wildman–Crippen LogP) is 1.24. The minimum atomic E-state index is -0.419. The van der Waals surface area contributed by atoms with Crippen LogP contribution >= 0.6 is 11.8 Å². The highest BCUT2D eigenvalue weighted by Crippen LogP contribution is 2.26. The fourth-order valence-electron chi connectivity index (χ4n) is 1.89. The Bertz CT molecular complexity index is 604. The van der Waals surface area contributed by atoms with Gasteiger partial charge in [0.25, 0.3) is 0 Å². The van der Waals surface area contributed by atoms with E-state index in [0.29, 0.717) is 10.9 Å². The van der Waals surface area contributed by atoms with Crippen LogP contribution in [0.1, 0.15) is 17.9 Å². The molecule has 0 saturated carbocycles. The van der Waals surface area contributed by atoms with Crippen molar-refractivity contribution in [1.82, 2.24) is 10.6 Å². The van der Waals surface area contributed by atoms with Gasteiger partial charge in [-0.05, 0) is 24.0 Å². The van der Waals surface area contributed by atoms with Gasteiger partial charge in [0, 0.05) is 6.42 Å². The number of nitriles is 1. The summed E-state index contributed by atoms with van der Waals surface area (Å²) in [5, 5.41) is 13.8. The number of aliphatic imine (C=N–C) groups is 1. The summed E-state index contributed by atoms with van der Waals surface area (Å²) in [4.78, 5) is 27.0. The molecule has 1 unspecified atom stereocenters. The van der Waals surface area contributed by atoms with Crippen molar-refractivity contribution in [2.45, 2.75) is 12.3 Å². The summed E-state index contributed by atoms with van der Waals surface area (Å²) in [5.74, 6) is -0.926. The first-order chi connectivity index (χ1) is 9.63. The van der Waals surface area contributed by atoms with E-state index in [1.807, 2.05) is 12.4 Å². The van der Waals surface area contributed by atoms with Crippen molar-refractivity contribution < 1.29 is 9.59 Å². The van der Waals surface area contributed by atoms with Crippen molar-refractivity contribution in [3.63, 3.8) is 0 Å². The van der Waals surface area contributed by atoms with E-state index in [2.05, 4.69) is 15.6 Å². The third kappa shape index (κ3) is 3.16. The molecule has 102 valence electrons. The molecule has 0 spiro atoms. The molecule has 0 aromatic heterocycles. The highest BCUT2D eigenvalue weighted by molar-refractivity contribution is 8.13. The van der Waals surface area contributed by atoms with Gasteiger partial charge in [-0.1, -0.05) is 23.9 Å². The van der Waals surface area contributed by atoms with Crippen LogP contribution in [0.2, 0.25) is 0 Å². The van der Waals surface area contributed by atoms with Crippen LogP contribution in [0.5, 0.6) is 0 Å². The molecule has 0 radical (unpaired) electrons. The van der Waals surface area contributed by atoms with Crippen molar-refractivity contribution >= 4 is 34.4 Å². The maximum Gasteiger partial charge on any atom is 0.234 e. The third-order valence-corrected chi connectivity index (χ3v) is 3.43. The predicted molar refractivity (Wildman–Crippen MR) is 76.3 cm³/mol. The van der Waals surface area contributed by atoms with E-state index in [1.54, 1.807) is 24.3 Å². The third-order valence-electron chi connectivity index (χ3n) is 2.85. The zero-order valence-corrected chi connectivity index (χ0v) is 11.5. The average Bonchev–Trinajstić information content (AvgIpc) is 2.78. The molecule has 1 aromatic carbocycles. The van der Waals surface area contributed by atoms with E-state index >= 15 is 0 Å². The summed E-state index contributed by atoms with van der Waals surface area (Å²) in [7, 11) is 0. The van der Waals surface area contributed by atoms with E-state index in [-0.39, 0.29) is 18.2 Å². The van der Waals surface area contributed by atoms with E-state index in [9.17, 15) is 9.59 Å². The number of amidine groups is 1. The van der Waals surface area contributed by atoms with Crippen LogP contribution < -0.4 is 10.6 Å². The molecule has 2 N–H and O–H groups in total. The normalized spacial score (nSPS) is 18.6. The Morgan fingerprint density at radius 1 is 1.45 bits per heavy atom. The fraction of sp³-hybridized carbons (Fsp3) is 0.231. The summed E-state index contributed by atoms with van der Waals surface area (Å²) in [5.41, 5.74) is 1.46. The highest BCUT2D eigenvalue weighted by Gasteiger charge is 2.31. The maximum absolute atomic E-state index is 11.6. The highest BCUT2D eigenvalue weighted by atomic mass is 32.2. The van der Waals surface area contributed by atoms with E-state index in [4.69, 9.17) is 5.26 Å². The number of hydrogen-bond acceptors (Lipinski definition) is 5. The number of nitrogens with zero attached hydrogens (tertiary/aromatic N) is 2. The lowest BCUT2D eigenvalue weighted by Gasteiger charge is -2.06. The number of carbonyl (C=O) groups excluding carboxylic acids is 2. The summed E-state index contributed by atoms with van der Waals surface area (Å²) < 4.78 is 0. The largest absolute Gasteiger partial charge is 0.296 e. The van der Waals surface area contributed by atoms with Crippen LogP contribution in [0.4, 0.5) is 5.69 Å². The Kier molecular flexibility index (Phi) is 4.38. The summed E-state index contributed by atoms with van der Waals surface area (Å²) in [6, 6.07) is 7.04. The van der Waals surface area contributed by atoms with Crippen molar-refractivity contribution in [3.05, 3.63) is 29.8 Å². The SMILES string of the molecule is CSC(=Nc1ccc(C2CC(=O)NC2=O)cc1)NC#N. The second kappa shape index (κ2) is 6.21. The lowest BCUT2D eigenvalue weighted by molar-refractivity contribution is -0.125. The second-order valence-corrected chi connectivity index (χ2v) is 4.91. The molecule has 6 nitrogen and oxygen atoms in total. The molecule has 1 saturated heterocycles. The van der Waals surface area contributed by atoms with Crippen LogP contribution in [0, 0.1) is 11.5 Å². The minimum Gasteiger partial charge on any atom is -0.296 e. The Balaban J connectivity index is 2.16. The number of carbonyl (C=O) groups is 2. The summed E-state index contributed by atoms with van der Waals surface area (Å²) in [6.45, 7) is 0. The van der Waals surface area contributed by atoms with E-state index in [0.717, 1.165) is 5.56 Å². The van der Waals surface area contributed by atoms with Gasteiger partial charge in [0.2, 0.25) is 11.8 Å². The zero-order chi connectivity index (χ0) is 14.5. The van der Waals surface area contributed by atoms with Gasteiger partial charge in [0.15, 0.2) is 11.4 Å². The zero-order valence-electron chi connectivity index (χ0n) is 10.7. The molecule has 1 atom stereocenters. The molecular weight excluding hydrogens is 276 g/mol. The van der Waals surface area contributed by atoms with Crippen LogP contribution in [0.3, 0.4) is 0 Å². The van der Waals surface area contributed by atoms with Gasteiger partial charge in [-0.15, -0.1) is 0 Å². The van der Waals surface area contributed by atoms with E-state index < -0.39 is 5.92 Å². The van der Waals surface area contributed by atoms with Gasteiger partial charge < -0.3 is 0 Å². The van der Waals surface area contributed by atoms with Crippen molar-refractivity contribution in [1.29, 1.82) is 5.26 Å². The number of rotatable bonds is 2. The van der Waals surface area contributed by atoms with Gasteiger partial charge in [0.1, 0.15) is 0 Å². The number of amides is 2. The Hall–Kier alpha value is -2.33. The molecule has 0 bridgehead atoms. The molecule has 20 heavy (non-hydrogen) atoms. The van der Waals surface area contributed by atoms with E-state index in [1.165, 1.54) is 11.8 Å². The first-order valence-electron chi connectivity index (χ1n) is 5.85. The smallest absolute Gasteiger partial charge is 0.234 e. The molecule has 2 amide bonds. The van der Waals surface area contributed by atoms with Gasteiger partial charge in [-0.3, -0.25) is 20.2 Å². The second-order valence-electron chi connectivity index (χ2n) is 4.12. The van der Waals surface area contributed by atoms with Gasteiger partial charge in [-0.2, -0.15) is 5.26 Å². The number of benzene rings is 1. The molecule has 7 heteroatoms. The molecule has 0 aliphatic carbocycles. The van der Waals surface area contributed by atoms with Crippen LogP contribution in [0.25, 0.3) is 0 Å². The Morgan fingerprint density at radius 3 is 2.65 bits per heavy atom. The molecule has 2 rings (SSSR count). The van der Waals surface area contributed by atoms with Crippen LogP contribution in [0.15, 0.2) is 29.3 Å². The Labute approximate surface area is 120 Å². The molecule has 1 aliphatic rings. The first kappa shape index (κ1) is 14.1. The number of hydrogen-bond donors (Lipinski definition) is 2. The molecule has 1 aliphatic heterocycles. The number of nitrogens with one attached hydrogen (secondary N) is 2. The van der Waals surface area contributed by atoms with Crippen LogP contribution in [-0.4, -0.2) is 23.2 Å². The lowest BCUT2D eigenvalue weighted by Crippen LogP contribution is -2.21. The van der Waals surface area contributed by atoms with Crippen molar-refractivity contribution in [2.24, 2.45) is 4.99 Å². The monoisotopic (exact) mass is 288 g/mol. The van der Waals surface area contributed by atoms with Crippen molar-refractivity contribution in [2.75, 3.05) is 6.26 Å². The number of imide groups is 1. The quantitative estimate of drug-likeness (QED) is 0.281.